The van der Waals surface area contributed by atoms with Crippen molar-refractivity contribution >= 4 is 23.5 Å². The van der Waals surface area contributed by atoms with Crippen LogP contribution >= 0.6 is 0 Å². The Morgan fingerprint density at radius 3 is 2.59 bits per heavy atom. The van der Waals surface area contributed by atoms with Crippen LogP contribution in [0.1, 0.15) is 41.6 Å². The molecular formula is C26H28N4O7. The quantitative estimate of drug-likeness (QED) is 0.317. The van der Waals surface area contributed by atoms with Gasteiger partial charge < -0.3 is 23.5 Å². The van der Waals surface area contributed by atoms with Crippen molar-refractivity contribution in [2.75, 3.05) is 31.3 Å². The van der Waals surface area contributed by atoms with Gasteiger partial charge >= 0.3 is 5.97 Å². The molecule has 2 heterocycles. The van der Waals surface area contributed by atoms with E-state index in [9.17, 15) is 14.4 Å². The lowest BCUT2D eigenvalue weighted by Gasteiger charge is -2.23. The van der Waals surface area contributed by atoms with Crippen LogP contribution < -0.4 is 14.4 Å². The molecule has 2 aromatic carbocycles. The Bertz CT molecular complexity index is 1290. The van der Waals surface area contributed by atoms with Gasteiger partial charge in [0.05, 0.1) is 18.7 Å². The van der Waals surface area contributed by atoms with Crippen molar-refractivity contribution in [1.29, 1.82) is 0 Å². The molecule has 2 amide bonds. The number of fused-ring (bicyclic) bond motifs is 1. The maximum absolute atomic E-state index is 13.8. The van der Waals surface area contributed by atoms with Crippen LogP contribution in [0.5, 0.6) is 11.5 Å². The molecule has 0 N–H and O–H groups in total. The van der Waals surface area contributed by atoms with Crippen LogP contribution in [0.3, 0.4) is 0 Å². The van der Waals surface area contributed by atoms with Gasteiger partial charge in [0.1, 0.15) is 31.3 Å². The standard InChI is InChI=1S/C26H28N4O7/c1-4-34-23-13-20(36-12-11-35-18(3)31)9-10-21(23)26(33)30-16-25(32)29(15-24-28-27-17(2)37-24)14-19-7-5-6-8-22(19)30/h5-10,13H,4,11-12,14-16H2,1-3H3. The van der Waals surface area contributed by atoms with E-state index >= 15 is 0 Å². The van der Waals surface area contributed by atoms with E-state index in [0.717, 1.165) is 5.56 Å². The monoisotopic (exact) mass is 508 g/mol. The lowest BCUT2D eigenvalue weighted by atomic mass is 10.1. The van der Waals surface area contributed by atoms with Gasteiger partial charge in [0.2, 0.25) is 17.7 Å². The van der Waals surface area contributed by atoms with Crippen molar-refractivity contribution in [2.45, 2.75) is 33.9 Å². The van der Waals surface area contributed by atoms with Gasteiger partial charge in [-0.3, -0.25) is 19.3 Å². The van der Waals surface area contributed by atoms with Gasteiger partial charge in [0, 0.05) is 32.1 Å². The number of rotatable bonds is 9. The number of para-hydroxylation sites is 1. The molecule has 3 aromatic rings. The number of nitrogens with zero attached hydrogens (tertiary/aromatic N) is 4. The highest BCUT2D eigenvalue weighted by atomic mass is 16.6. The number of carbonyl (C=O) groups excluding carboxylic acids is 3. The number of amides is 2. The third-order valence-corrected chi connectivity index (χ3v) is 5.57. The Labute approximate surface area is 213 Å². The number of anilines is 1. The lowest BCUT2D eigenvalue weighted by molar-refractivity contribution is -0.141. The second kappa shape index (κ2) is 11.5. The number of benzene rings is 2. The summed E-state index contributed by atoms with van der Waals surface area (Å²) >= 11 is 0. The first-order valence-electron chi connectivity index (χ1n) is 11.8. The largest absolute Gasteiger partial charge is 0.493 e. The fraction of sp³-hybridized carbons (Fsp3) is 0.346. The zero-order valence-electron chi connectivity index (χ0n) is 20.9. The van der Waals surface area contributed by atoms with Crippen molar-refractivity contribution in [3.05, 3.63) is 65.4 Å². The SMILES string of the molecule is CCOc1cc(OCCOC(C)=O)ccc1C(=O)N1CC(=O)N(Cc2nnc(C)o2)Cc2ccccc21. The highest BCUT2D eigenvalue weighted by Crippen LogP contribution is 2.31. The van der Waals surface area contributed by atoms with Crippen LogP contribution in [-0.2, 0) is 27.4 Å². The molecule has 11 nitrogen and oxygen atoms in total. The van der Waals surface area contributed by atoms with Crippen LogP contribution in [0, 0.1) is 6.92 Å². The Hall–Kier alpha value is -4.41. The van der Waals surface area contributed by atoms with Crippen LogP contribution in [0.15, 0.2) is 46.9 Å². The minimum absolute atomic E-state index is 0.103. The molecule has 0 saturated heterocycles. The molecule has 0 atom stereocenters. The number of aromatic nitrogens is 2. The average molecular weight is 509 g/mol. The third kappa shape index (κ3) is 6.24. The van der Waals surface area contributed by atoms with Crippen molar-refractivity contribution < 1.29 is 33.0 Å². The van der Waals surface area contributed by atoms with E-state index in [1.54, 1.807) is 30.0 Å². The van der Waals surface area contributed by atoms with E-state index in [1.807, 2.05) is 31.2 Å². The van der Waals surface area contributed by atoms with Gasteiger partial charge in [0.25, 0.3) is 5.91 Å². The normalized spacial score (nSPS) is 13.1. The first-order valence-corrected chi connectivity index (χ1v) is 11.8. The smallest absolute Gasteiger partial charge is 0.302 e. The number of aryl methyl sites for hydroxylation is 1. The molecule has 0 bridgehead atoms. The summed E-state index contributed by atoms with van der Waals surface area (Å²) in [7, 11) is 0. The van der Waals surface area contributed by atoms with Crippen LogP contribution in [0.4, 0.5) is 5.69 Å². The number of esters is 1. The molecule has 11 heteroatoms. The number of ether oxygens (including phenoxy) is 3. The van der Waals surface area contributed by atoms with Crippen molar-refractivity contribution in [3.8, 4) is 11.5 Å². The zero-order chi connectivity index (χ0) is 26.4. The summed E-state index contributed by atoms with van der Waals surface area (Å²) in [5.41, 5.74) is 1.73. The first-order chi connectivity index (χ1) is 17.9. The predicted octanol–water partition coefficient (Wildman–Crippen LogP) is 2.91. The second-order valence-electron chi connectivity index (χ2n) is 8.26. The molecule has 37 heavy (non-hydrogen) atoms. The molecule has 0 fully saturated rings. The average Bonchev–Trinajstić information content (AvgIpc) is 3.23. The molecule has 0 radical (unpaired) electrons. The van der Waals surface area contributed by atoms with Crippen molar-refractivity contribution in [1.82, 2.24) is 15.1 Å². The van der Waals surface area contributed by atoms with E-state index in [0.29, 0.717) is 35.6 Å². The highest BCUT2D eigenvalue weighted by Gasteiger charge is 2.31. The maximum Gasteiger partial charge on any atom is 0.302 e. The number of hydrogen-bond donors (Lipinski definition) is 0. The molecular weight excluding hydrogens is 480 g/mol. The number of hydrogen-bond acceptors (Lipinski definition) is 9. The summed E-state index contributed by atoms with van der Waals surface area (Å²) in [6.07, 6.45) is 0. The van der Waals surface area contributed by atoms with Gasteiger partial charge in [-0.1, -0.05) is 18.2 Å². The Morgan fingerprint density at radius 2 is 1.86 bits per heavy atom. The zero-order valence-corrected chi connectivity index (χ0v) is 20.9. The molecule has 4 rings (SSSR count). The molecule has 194 valence electrons. The molecule has 0 saturated carbocycles. The van der Waals surface area contributed by atoms with E-state index < -0.39 is 5.97 Å². The van der Waals surface area contributed by atoms with E-state index in [4.69, 9.17) is 18.6 Å². The summed E-state index contributed by atoms with van der Waals surface area (Å²) in [5.74, 6) is 0.487. The first kappa shape index (κ1) is 25.7. The molecule has 1 aliphatic heterocycles. The minimum atomic E-state index is -0.391. The fourth-order valence-corrected chi connectivity index (χ4v) is 3.95. The van der Waals surface area contributed by atoms with Crippen LogP contribution in [-0.4, -0.2) is 59.2 Å². The van der Waals surface area contributed by atoms with Crippen LogP contribution in [0.25, 0.3) is 0 Å². The van der Waals surface area contributed by atoms with Crippen LogP contribution in [0.2, 0.25) is 0 Å². The van der Waals surface area contributed by atoms with Gasteiger partial charge in [-0.2, -0.15) is 0 Å². The summed E-state index contributed by atoms with van der Waals surface area (Å²) < 4.78 is 21.7. The summed E-state index contributed by atoms with van der Waals surface area (Å²) in [5, 5.41) is 7.82. The maximum atomic E-state index is 13.8. The third-order valence-electron chi connectivity index (χ3n) is 5.57. The van der Waals surface area contributed by atoms with E-state index in [2.05, 4.69) is 10.2 Å². The Kier molecular flexibility index (Phi) is 8.02. The van der Waals surface area contributed by atoms with Gasteiger partial charge in [-0.25, -0.2) is 0 Å². The van der Waals surface area contributed by atoms with Crippen molar-refractivity contribution in [3.63, 3.8) is 0 Å². The molecule has 0 spiro atoms. The predicted molar refractivity (Wildman–Crippen MR) is 131 cm³/mol. The molecule has 0 aliphatic carbocycles. The summed E-state index contributed by atoms with van der Waals surface area (Å²) in [4.78, 5) is 41.0. The van der Waals surface area contributed by atoms with Gasteiger partial charge in [0.15, 0.2) is 0 Å². The molecule has 1 aromatic heterocycles. The van der Waals surface area contributed by atoms with Gasteiger partial charge in [-0.15, -0.1) is 10.2 Å². The summed E-state index contributed by atoms with van der Waals surface area (Å²) in [6.45, 7) is 5.65. The number of carbonyl (C=O) groups is 3. The lowest BCUT2D eigenvalue weighted by Crippen LogP contribution is -2.40. The topological polar surface area (TPSA) is 124 Å². The fourth-order valence-electron chi connectivity index (χ4n) is 3.95. The molecule has 1 aliphatic rings. The Balaban J connectivity index is 1.59. The van der Waals surface area contributed by atoms with E-state index in [1.165, 1.54) is 11.8 Å². The highest BCUT2D eigenvalue weighted by molar-refractivity contribution is 6.11. The van der Waals surface area contributed by atoms with Gasteiger partial charge in [-0.05, 0) is 30.7 Å². The Morgan fingerprint density at radius 1 is 1.05 bits per heavy atom. The van der Waals surface area contributed by atoms with E-state index in [-0.39, 0.29) is 50.2 Å². The van der Waals surface area contributed by atoms with Crippen molar-refractivity contribution in [2.24, 2.45) is 0 Å². The minimum Gasteiger partial charge on any atom is -0.493 e. The summed E-state index contributed by atoms with van der Waals surface area (Å²) in [6, 6.07) is 12.2. The second-order valence-corrected chi connectivity index (χ2v) is 8.26. The molecule has 0 unspecified atom stereocenters.